The highest BCUT2D eigenvalue weighted by molar-refractivity contribution is 9.10. The van der Waals surface area contributed by atoms with Gasteiger partial charge in [0.05, 0.1) is 14.2 Å². The Kier molecular flexibility index (Phi) is 4.51. The van der Waals surface area contributed by atoms with Crippen molar-refractivity contribution in [1.82, 2.24) is 15.0 Å². The SMILES string of the molecule is COc1nc(NCc2cccc(Br)c2)nc(OC)n1. The van der Waals surface area contributed by atoms with E-state index in [0.717, 1.165) is 10.0 Å². The first kappa shape index (κ1) is 13.5. The Morgan fingerprint density at radius 3 is 2.37 bits per heavy atom. The predicted molar refractivity (Wildman–Crippen MR) is 74.4 cm³/mol. The molecule has 0 aliphatic heterocycles. The highest BCUT2D eigenvalue weighted by atomic mass is 79.9. The number of ether oxygens (including phenoxy) is 2. The minimum absolute atomic E-state index is 0.212. The Morgan fingerprint density at radius 1 is 1.11 bits per heavy atom. The first-order valence-corrected chi connectivity index (χ1v) is 6.33. The number of methoxy groups -OCH3 is 2. The lowest BCUT2D eigenvalue weighted by atomic mass is 10.2. The van der Waals surface area contributed by atoms with Gasteiger partial charge in [-0.05, 0) is 17.7 Å². The predicted octanol–water partition coefficient (Wildman–Crippen LogP) is 2.26. The third-order valence-electron chi connectivity index (χ3n) is 2.30. The summed E-state index contributed by atoms with van der Waals surface area (Å²) in [5.74, 6) is 0.406. The van der Waals surface area contributed by atoms with Crippen molar-refractivity contribution < 1.29 is 9.47 Å². The van der Waals surface area contributed by atoms with Gasteiger partial charge in [-0.15, -0.1) is 4.98 Å². The minimum Gasteiger partial charge on any atom is -0.467 e. The second-order valence-electron chi connectivity index (χ2n) is 3.62. The lowest BCUT2D eigenvalue weighted by Crippen LogP contribution is -2.07. The lowest BCUT2D eigenvalue weighted by molar-refractivity contribution is 0.341. The van der Waals surface area contributed by atoms with Crippen LogP contribution in [0.25, 0.3) is 0 Å². The summed E-state index contributed by atoms with van der Waals surface area (Å²) in [6.45, 7) is 0.593. The van der Waals surface area contributed by atoms with Gasteiger partial charge in [0.15, 0.2) is 0 Å². The fourth-order valence-corrected chi connectivity index (χ4v) is 1.87. The summed E-state index contributed by atoms with van der Waals surface area (Å²) < 4.78 is 11.0. The molecule has 2 rings (SSSR count). The number of rotatable bonds is 5. The van der Waals surface area contributed by atoms with Crippen LogP contribution in [-0.4, -0.2) is 29.2 Å². The van der Waals surface area contributed by atoms with Crippen LogP contribution in [0.15, 0.2) is 28.7 Å². The van der Waals surface area contributed by atoms with Crippen molar-refractivity contribution in [2.75, 3.05) is 19.5 Å². The number of benzene rings is 1. The third kappa shape index (κ3) is 3.78. The molecule has 0 bridgehead atoms. The molecule has 0 fully saturated rings. The molecular weight excluding hydrogens is 312 g/mol. The van der Waals surface area contributed by atoms with E-state index in [1.54, 1.807) is 0 Å². The van der Waals surface area contributed by atoms with Gasteiger partial charge in [-0.1, -0.05) is 28.1 Å². The van der Waals surface area contributed by atoms with Crippen LogP contribution in [0.1, 0.15) is 5.56 Å². The molecule has 0 saturated carbocycles. The summed E-state index contributed by atoms with van der Waals surface area (Å²) in [4.78, 5) is 12.1. The van der Waals surface area contributed by atoms with E-state index in [0.29, 0.717) is 12.5 Å². The molecule has 0 aliphatic carbocycles. The molecule has 2 aromatic rings. The maximum atomic E-state index is 4.98. The average molecular weight is 325 g/mol. The van der Waals surface area contributed by atoms with Gasteiger partial charge in [-0.2, -0.15) is 9.97 Å². The molecule has 100 valence electrons. The molecule has 7 heteroatoms. The highest BCUT2D eigenvalue weighted by Gasteiger charge is 2.06. The van der Waals surface area contributed by atoms with Crippen molar-refractivity contribution in [3.8, 4) is 12.0 Å². The van der Waals surface area contributed by atoms with Crippen LogP contribution in [-0.2, 0) is 6.54 Å². The van der Waals surface area contributed by atoms with E-state index < -0.39 is 0 Å². The average Bonchev–Trinajstić information content (AvgIpc) is 2.44. The number of nitrogens with zero attached hydrogens (tertiary/aromatic N) is 3. The molecule has 1 heterocycles. The topological polar surface area (TPSA) is 69.2 Å². The van der Waals surface area contributed by atoms with Gasteiger partial charge >= 0.3 is 12.0 Å². The Morgan fingerprint density at radius 2 is 1.79 bits per heavy atom. The number of aromatic nitrogens is 3. The molecule has 0 saturated heterocycles. The van der Waals surface area contributed by atoms with E-state index in [4.69, 9.17) is 9.47 Å². The molecule has 0 spiro atoms. The second-order valence-corrected chi connectivity index (χ2v) is 4.53. The van der Waals surface area contributed by atoms with Gasteiger partial charge in [-0.25, -0.2) is 0 Å². The van der Waals surface area contributed by atoms with E-state index in [9.17, 15) is 0 Å². The largest absolute Gasteiger partial charge is 0.467 e. The van der Waals surface area contributed by atoms with Crippen molar-refractivity contribution >= 4 is 21.9 Å². The maximum Gasteiger partial charge on any atom is 0.324 e. The zero-order valence-corrected chi connectivity index (χ0v) is 12.1. The Labute approximate surface area is 119 Å². The van der Waals surface area contributed by atoms with Gasteiger partial charge in [0.25, 0.3) is 0 Å². The fraction of sp³-hybridized carbons (Fsp3) is 0.250. The zero-order valence-electron chi connectivity index (χ0n) is 10.6. The van der Waals surface area contributed by atoms with Gasteiger partial charge in [0.2, 0.25) is 5.95 Å². The smallest absolute Gasteiger partial charge is 0.324 e. The fourth-order valence-electron chi connectivity index (χ4n) is 1.43. The molecule has 1 aromatic carbocycles. The van der Waals surface area contributed by atoms with E-state index in [1.165, 1.54) is 14.2 Å². The van der Waals surface area contributed by atoms with Gasteiger partial charge < -0.3 is 14.8 Å². The number of hydrogen-bond acceptors (Lipinski definition) is 6. The van der Waals surface area contributed by atoms with Crippen LogP contribution in [0, 0.1) is 0 Å². The molecule has 6 nitrogen and oxygen atoms in total. The molecule has 0 aliphatic rings. The quantitative estimate of drug-likeness (QED) is 0.909. The number of nitrogens with one attached hydrogen (secondary N) is 1. The molecule has 19 heavy (non-hydrogen) atoms. The first-order chi connectivity index (χ1) is 9.21. The zero-order chi connectivity index (χ0) is 13.7. The van der Waals surface area contributed by atoms with E-state index >= 15 is 0 Å². The van der Waals surface area contributed by atoms with Gasteiger partial charge in [-0.3, -0.25) is 0 Å². The van der Waals surface area contributed by atoms with E-state index in [2.05, 4.69) is 36.2 Å². The molecule has 0 atom stereocenters. The molecule has 0 radical (unpaired) electrons. The molecule has 0 unspecified atom stereocenters. The third-order valence-corrected chi connectivity index (χ3v) is 2.79. The summed E-state index contributed by atoms with van der Waals surface area (Å²) in [7, 11) is 2.99. The molecule has 0 amide bonds. The van der Waals surface area contributed by atoms with Crippen LogP contribution >= 0.6 is 15.9 Å². The van der Waals surface area contributed by atoms with Crippen molar-refractivity contribution in [1.29, 1.82) is 0 Å². The van der Waals surface area contributed by atoms with Crippen LogP contribution in [0.2, 0.25) is 0 Å². The molecule has 1 aromatic heterocycles. The summed E-state index contributed by atoms with van der Waals surface area (Å²) in [5.41, 5.74) is 1.10. The minimum atomic E-state index is 0.212. The van der Waals surface area contributed by atoms with Gasteiger partial charge in [0, 0.05) is 11.0 Å². The van der Waals surface area contributed by atoms with E-state index in [1.807, 2.05) is 24.3 Å². The number of hydrogen-bond donors (Lipinski definition) is 1. The van der Waals surface area contributed by atoms with Crippen LogP contribution in [0.5, 0.6) is 12.0 Å². The highest BCUT2D eigenvalue weighted by Crippen LogP contribution is 2.15. The summed E-state index contributed by atoms with van der Waals surface area (Å²) in [6.07, 6.45) is 0. The van der Waals surface area contributed by atoms with Crippen molar-refractivity contribution in [2.45, 2.75) is 6.54 Å². The number of anilines is 1. The lowest BCUT2D eigenvalue weighted by Gasteiger charge is -2.07. The van der Waals surface area contributed by atoms with E-state index in [-0.39, 0.29) is 12.0 Å². The van der Waals surface area contributed by atoms with Crippen molar-refractivity contribution in [3.05, 3.63) is 34.3 Å². The Balaban J connectivity index is 2.10. The van der Waals surface area contributed by atoms with Crippen molar-refractivity contribution in [3.63, 3.8) is 0 Å². The normalized spacial score (nSPS) is 10.1. The van der Waals surface area contributed by atoms with Crippen LogP contribution in [0.3, 0.4) is 0 Å². The second kappa shape index (κ2) is 6.33. The summed E-state index contributed by atoms with van der Waals surface area (Å²) in [6, 6.07) is 8.39. The van der Waals surface area contributed by atoms with Gasteiger partial charge in [0.1, 0.15) is 0 Å². The summed E-state index contributed by atoms with van der Waals surface area (Å²) >= 11 is 3.42. The van der Waals surface area contributed by atoms with Crippen LogP contribution < -0.4 is 14.8 Å². The molecular formula is C12H13BrN4O2. The summed E-state index contributed by atoms with van der Waals surface area (Å²) in [5, 5.41) is 3.09. The standard InChI is InChI=1S/C12H13BrN4O2/c1-18-11-15-10(16-12(17-11)19-2)14-7-8-4-3-5-9(13)6-8/h3-6H,7H2,1-2H3,(H,14,15,16,17). The Hall–Kier alpha value is -1.89. The van der Waals surface area contributed by atoms with Crippen molar-refractivity contribution in [2.24, 2.45) is 0 Å². The monoisotopic (exact) mass is 324 g/mol. The molecule has 1 N–H and O–H groups in total. The van der Waals surface area contributed by atoms with Crippen LogP contribution in [0.4, 0.5) is 5.95 Å². The Bertz CT molecular complexity index is 543. The number of halogens is 1. The maximum absolute atomic E-state index is 4.98. The first-order valence-electron chi connectivity index (χ1n) is 5.53.